The molecule has 0 spiro atoms. The first kappa shape index (κ1) is 12.2. The summed E-state index contributed by atoms with van der Waals surface area (Å²) >= 11 is 0. The third-order valence-electron chi connectivity index (χ3n) is 3.42. The number of rotatable bonds is 3. The van der Waals surface area contributed by atoms with Crippen molar-refractivity contribution in [2.45, 2.75) is 26.7 Å². The van der Waals surface area contributed by atoms with E-state index in [1.165, 1.54) is 0 Å². The second-order valence-corrected chi connectivity index (χ2v) is 4.81. The van der Waals surface area contributed by atoms with Gasteiger partial charge < -0.3 is 15.1 Å². The van der Waals surface area contributed by atoms with E-state index in [-0.39, 0.29) is 5.91 Å². The summed E-state index contributed by atoms with van der Waals surface area (Å²) in [6.45, 7) is 6.09. The van der Waals surface area contributed by atoms with Crippen molar-refractivity contribution in [3.63, 3.8) is 0 Å². The minimum atomic E-state index is 0.0962. The Hall–Kier alpha value is -1.29. The number of nitrogens with two attached hydrogens (primary N) is 1. The second kappa shape index (κ2) is 4.92. The number of likely N-dealkylation sites (tertiary alicyclic amines) is 1. The highest BCUT2D eigenvalue weighted by atomic mass is 16.3. The Morgan fingerprint density at radius 3 is 2.94 bits per heavy atom. The molecular weight excluding hydrogens is 216 g/mol. The lowest BCUT2D eigenvalue weighted by atomic mass is 10.1. The van der Waals surface area contributed by atoms with Gasteiger partial charge in [0, 0.05) is 13.1 Å². The molecule has 1 amide bonds. The first-order valence-corrected chi connectivity index (χ1v) is 6.18. The number of aryl methyl sites for hydroxylation is 2. The van der Waals surface area contributed by atoms with Gasteiger partial charge in [-0.25, -0.2) is 0 Å². The lowest BCUT2D eigenvalue weighted by Gasteiger charge is -2.15. The quantitative estimate of drug-likeness (QED) is 0.869. The highest BCUT2D eigenvalue weighted by molar-refractivity contribution is 5.95. The normalized spacial score (nSPS) is 19.9. The Balaban J connectivity index is 2.04. The Labute approximate surface area is 102 Å². The van der Waals surface area contributed by atoms with Crippen LogP contribution in [-0.4, -0.2) is 30.4 Å². The van der Waals surface area contributed by atoms with Crippen molar-refractivity contribution in [2.75, 3.05) is 19.6 Å². The molecule has 2 N–H and O–H groups in total. The predicted molar refractivity (Wildman–Crippen MR) is 65.9 cm³/mol. The average Bonchev–Trinajstić information content (AvgIpc) is 2.85. The zero-order chi connectivity index (χ0) is 12.4. The molecular formula is C13H20N2O2. The van der Waals surface area contributed by atoms with Crippen LogP contribution < -0.4 is 5.73 Å². The van der Waals surface area contributed by atoms with Crippen molar-refractivity contribution in [3.05, 3.63) is 23.2 Å². The number of hydrogen-bond acceptors (Lipinski definition) is 3. The first-order chi connectivity index (χ1) is 8.11. The Bertz CT molecular complexity index is 412. The summed E-state index contributed by atoms with van der Waals surface area (Å²) in [6, 6.07) is 1.83. The molecule has 1 unspecified atom stereocenters. The predicted octanol–water partition coefficient (Wildman–Crippen LogP) is 1.71. The SMILES string of the molecule is Cc1cc(C(=O)N2CCC(CCN)C2)c(C)o1. The van der Waals surface area contributed by atoms with Crippen LogP contribution in [0.25, 0.3) is 0 Å². The van der Waals surface area contributed by atoms with Crippen LogP contribution in [0.15, 0.2) is 10.5 Å². The maximum atomic E-state index is 12.3. The lowest BCUT2D eigenvalue weighted by molar-refractivity contribution is 0.0785. The van der Waals surface area contributed by atoms with Gasteiger partial charge in [-0.05, 0) is 45.2 Å². The highest BCUT2D eigenvalue weighted by Gasteiger charge is 2.28. The Morgan fingerprint density at radius 1 is 1.59 bits per heavy atom. The van der Waals surface area contributed by atoms with Crippen LogP contribution in [-0.2, 0) is 0 Å². The van der Waals surface area contributed by atoms with Crippen LogP contribution in [0, 0.1) is 19.8 Å². The van der Waals surface area contributed by atoms with E-state index in [4.69, 9.17) is 10.2 Å². The molecule has 1 aliphatic heterocycles. The molecule has 0 radical (unpaired) electrons. The molecule has 1 saturated heterocycles. The van der Waals surface area contributed by atoms with E-state index >= 15 is 0 Å². The van der Waals surface area contributed by atoms with Gasteiger partial charge in [0.15, 0.2) is 0 Å². The largest absolute Gasteiger partial charge is 0.466 e. The maximum absolute atomic E-state index is 12.3. The van der Waals surface area contributed by atoms with E-state index in [0.717, 1.165) is 37.5 Å². The summed E-state index contributed by atoms with van der Waals surface area (Å²) in [5.41, 5.74) is 6.25. The van der Waals surface area contributed by atoms with Crippen molar-refractivity contribution in [3.8, 4) is 0 Å². The summed E-state index contributed by atoms with van der Waals surface area (Å²) in [5, 5.41) is 0. The van der Waals surface area contributed by atoms with Gasteiger partial charge in [0.1, 0.15) is 11.5 Å². The van der Waals surface area contributed by atoms with Crippen LogP contribution >= 0.6 is 0 Å². The topological polar surface area (TPSA) is 59.5 Å². The van der Waals surface area contributed by atoms with Gasteiger partial charge in [0.2, 0.25) is 0 Å². The standard InChI is InChI=1S/C13H20N2O2/c1-9-7-12(10(2)17-9)13(16)15-6-4-11(8-15)3-5-14/h7,11H,3-6,8,14H2,1-2H3. The average molecular weight is 236 g/mol. The molecule has 1 aromatic rings. The van der Waals surface area contributed by atoms with Gasteiger partial charge >= 0.3 is 0 Å². The molecule has 2 heterocycles. The van der Waals surface area contributed by atoms with Crippen LogP contribution in [0.1, 0.15) is 34.7 Å². The fraction of sp³-hybridized carbons (Fsp3) is 0.615. The van der Waals surface area contributed by atoms with Gasteiger partial charge in [0.05, 0.1) is 5.56 Å². The second-order valence-electron chi connectivity index (χ2n) is 4.81. The van der Waals surface area contributed by atoms with Gasteiger partial charge in [0.25, 0.3) is 5.91 Å². The Kier molecular flexibility index (Phi) is 3.52. The van der Waals surface area contributed by atoms with E-state index in [1.54, 1.807) is 0 Å². The number of furan rings is 1. The summed E-state index contributed by atoms with van der Waals surface area (Å²) in [6.07, 6.45) is 2.08. The van der Waals surface area contributed by atoms with Crippen molar-refractivity contribution in [2.24, 2.45) is 11.7 Å². The Morgan fingerprint density at radius 2 is 2.35 bits per heavy atom. The van der Waals surface area contributed by atoms with E-state index in [1.807, 2.05) is 24.8 Å². The fourth-order valence-corrected chi connectivity index (χ4v) is 2.50. The van der Waals surface area contributed by atoms with Crippen LogP contribution in [0.3, 0.4) is 0 Å². The molecule has 0 aromatic carbocycles. The molecule has 1 aromatic heterocycles. The molecule has 1 fully saturated rings. The van der Waals surface area contributed by atoms with Gasteiger partial charge in [-0.1, -0.05) is 0 Å². The van der Waals surface area contributed by atoms with Crippen LogP contribution in [0.4, 0.5) is 0 Å². The number of nitrogens with zero attached hydrogens (tertiary/aromatic N) is 1. The third-order valence-corrected chi connectivity index (χ3v) is 3.42. The molecule has 94 valence electrons. The molecule has 4 nitrogen and oxygen atoms in total. The van der Waals surface area contributed by atoms with Crippen molar-refractivity contribution < 1.29 is 9.21 Å². The molecule has 17 heavy (non-hydrogen) atoms. The lowest BCUT2D eigenvalue weighted by Crippen LogP contribution is -2.29. The van der Waals surface area contributed by atoms with Crippen LogP contribution in [0.5, 0.6) is 0 Å². The van der Waals surface area contributed by atoms with Gasteiger partial charge in [-0.15, -0.1) is 0 Å². The van der Waals surface area contributed by atoms with Crippen molar-refractivity contribution in [1.29, 1.82) is 0 Å². The number of carbonyl (C=O) groups is 1. The molecule has 2 rings (SSSR count). The van der Waals surface area contributed by atoms with Crippen LogP contribution in [0.2, 0.25) is 0 Å². The number of carbonyl (C=O) groups excluding carboxylic acids is 1. The van der Waals surface area contributed by atoms with E-state index in [0.29, 0.717) is 18.0 Å². The smallest absolute Gasteiger partial charge is 0.257 e. The van der Waals surface area contributed by atoms with Crippen molar-refractivity contribution >= 4 is 5.91 Å². The summed E-state index contributed by atoms with van der Waals surface area (Å²) < 4.78 is 5.40. The summed E-state index contributed by atoms with van der Waals surface area (Å²) in [7, 11) is 0. The maximum Gasteiger partial charge on any atom is 0.257 e. The monoisotopic (exact) mass is 236 g/mol. The third kappa shape index (κ3) is 2.52. The van der Waals surface area contributed by atoms with Gasteiger partial charge in [-0.2, -0.15) is 0 Å². The van der Waals surface area contributed by atoms with E-state index in [2.05, 4.69) is 0 Å². The molecule has 0 saturated carbocycles. The summed E-state index contributed by atoms with van der Waals surface area (Å²) in [5.74, 6) is 2.18. The van der Waals surface area contributed by atoms with E-state index < -0.39 is 0 Å². The minimum absolute atomic E-state index is 0.0962. The molecule has 1 atom stereocenters. The fourth-order valence-electron chi connectivity index (χ4n) is 2.50. The minimum Gasteiger partial charge on any atom is -0.466 e. The molecule has 0 bridgehead atoms. The van der Waals surface area contributed by atoms with Gasteiger partial charge in [-0.3, -0.25) is 4.79 Å². The molecule has 1 aliphatic rings. The zero-order valence-corrected chi connectivity index (χ0v) is 10.5. The number of hydrogen-bond donors (Lipinski definition) is 1. The highest BCUT2D eigenvalue weighted by Crippen LogP contribution is 2.23. The number of amides is 1. The molecule has 0 aliphatic carbocycles. The zero-order valence-electron chi connectivity index (χ0n) is 10.5. The molecule has 4 heteroatoms. The van der Waals surface area contributed by atoms with E-state index in [9.17, 15) is 4.79 Å². The van der Waals surface area contributed by atoms with Crippen molar-refractivity contribution in [1.82, 2.24) is 4.90 Å². The first-order valence-electron chi connectivity index (χ1n) is 6.18. The summed E-state index contributed by atoms with van der Waals surface area (Å²) in [4.78, 5) is 14.2.